The molecule has 0 spiro atoms. The van der Waals surface area contributed by atoms with Crippen LogP contribution in [0.15, 0.2) is 52.9 Å². The van der Waals surface area contributed by atoms with E-state index in [4.69, 9.17) is 13.9 Å². The number of benzene rings is 2. The maximum Gasteiger partial charge on any atom is 0.380 e. The van der Waals surface area contributed by atoms with Crippen LogP contribution in [-0.2, 0) is 11.3 Å². The van der Waals surface area contributed by atoms with Crippen LogP contribution in [0.3, 0.4) is 0 Å². The highest BCUT2D eigenvalue weighted by Gasteiger charge is 2.22. The minimum absolute atomic E-state index is 0.0902. The first kappa shape index (κ1) is 14.3. The molecule has 1 aromatic heterocycles. The van der Waals surface area contributed by atoms with E-state index in [2.05, 4.69) is 0 Å². The third-order valence-corrected chi connectivity index (χ3v) is 3.20. The molecule has 112 valence electrons. The second-order valence-electron chi connectivity index (χ2n) is 4.68. The first-order valence-electron chi connectivity index (χ1n) is 6.66. The molecular formula is C17H13FO4. The normalized spacial score (nSPS) is 10.8. The molecule has 0 bridgehead atoms. The Labute approximate surface area is 126 Å². The summed E-state index contributed by atoms with van der Waals surface area (Å²) in [6.07, 6.45) is 0. The number of para-hydroxylation sites is 1. The summed E-state index contributed by atoms with van der Waals surface area (Å²) in [6, 6.07) is 12.5. The van der Waals surface area contributed by atoms with E-state index >= 15 is 0 Å². The fourth-order valence-electron chi connectivity index (χ4n) is 2.21. The van der Waals surface area contributed by atoms with E-state index < -0.39 is 11.8 Å². The molecule has 0 aliphatic heterocycles. The largest absolute Gasteiger partial charge is 0.449 e. The fourth-order valence-corrected chi connectivity index (χ4v) is 2.21. The molecule has 0 saturated heterocycles. The van der Waals surface area contributed by atoms with Gasteiger partial charge in [-0.25, -0.2) is 9.18 Å². The van der Waals surface area contributed by atoms with E-state index in [9.17, 15) is 9.18 Å². The zero-order chi connectivity index (χ0) is 15.5. The Hall–Kier alpha value is -2.66. The molecule has 0 amide bonds. The van der Waals surface area contributed by atoms with Crippen LogP contribution in [-0.4, -0.2) is 13.1 Å². The number of hydrogen-bond acceptors (Lipinski definition) is 4. The lowest BCUT2D eigenvalue weighted by Gasteiger charge is -2.04. The lowest BCUT2D eigenvalue weighted by Crippen LogP contribution is -2.10. The van der Waals surface area contributed by atoms with E-state index in [-0.39, 0.29) is 18.1 Å². The maximum atomic E-state index is 12.9. The second kappa shape index (κ2) is 5.99. The van der Waals surface area contributed by atoms with E-state index in [1.54, 1.807) is 6.07 Å². The van der Waals surface area contributed by atoms with Gasteiger partial charge in [0.15, 0.2) is 0 Å². The number of carbonyl (C=O) groups is 1. The molecule has 2 aromatic carbocycles. The standard InChI is InChI=1S/C17H13FO4/c1-20-10-14-13-4-2-3-5-15(13)22-16(14)17(19)21-12-8-6-11(18)7-9-12/h2-9H,10H2,1H3. The smallest absolute Gasteiger partial charge is 0.380 e. The molecule has 22 heavy (non-hydrogen) atoms. The molecule has 3 aromatic rings. The highest BCUT2D eigenvalue weighted by Crippen LogP contribution is 2.27. The fraction of sp³-hybridized carbons (Fsp3) is 0.118. The van der Waals surface area contributed by atoms with Gasteiger partial charge in [-0.15, -0.1) is 0 Å². The van der Waals surface area contributed by atoms with E-state index in [0.717, 1.165) is 5.39 Å². The maximum absolute atomic E-state index is 12.9. The highest BCUT2D eigenvalue weighted by molar-refractivity contribution is 5.96. The van der Waals surface area contributed by atoms with Gasteiger partial charge in [0.2, 0.25) is 5.76 Å². The van der Waals surface area contributed by atoms with Crippen LogP contribution in [0.5, 0.6) is 5.75 Å². The van der Waals surface area contributed by atoms with Crippen LogP contribution >= 0.6 is 0 Å². The van der Waals surface area contributed by atoms with Crippen LogP contribution < -0.4 is 4.74 Å². The van der Waals surface area contributed by atoms with Crippen molar-refractivity contribution in [3.8, 4) is 5.75 Å². The summed E-state index contributed by atoms with van der Waals surface area (Å²) in [5.41, 5.74) is 1.21. The van der Waals surface area contributed by atoms with Crippen molar-refractivity contribution in [2.45, 2.75) is 6.61 Å². The van der Waals surface area contributed by atoms with Gasteiger partial charge >= 0.3 is 5.97 Å². The number of hydrogen-bond donors (Lipinski definition) is 0. The van der Waals surface area contributed by atoms with E-state index in [0.29, 0.717) is 11.1 Å². The molecule has 3 rings (SSSR count). The number of halogens is 1. The first-order chi connectivity index (χ1) is 10.7. The summed E-state index contributed by atoms with van der Waals surface area (Å²) in [4.78, 5) is 12.3. The Morgan fingerprint density at radius 3 is 2.59 bits per heavy atom. The Kier molecular flexibility index (Phi) is 3.89. The summed E-state index contributed by atoms with van der Waals surface area (Å²) in [7, 11) is 1.54. The molecule has 0 fully saturated rings. The summed E-state index contributed by atoms with van der Waals surface area (Å²) in [6.45, 7) is 0.227. The number of furan rings is 1. The summed E-state index contributed by atoms with van der Waals surface area (Å²) in [5, 5.41) is 0.801. The third kappa shape index (κ3) is 2.71. The van der Waals surface area contributed by atoms with Gasteiger partial charge < -0.3 is 13.9 Å². The molecule has 0 aliphatic rings. The number of fused-ring (bicyclic) bond motifs is 1. The molecule has 0 unspecified atom stereocenters. The van der Waals surface area contributed by atoms with Gasteiger partial charge in [0.1, 0.15) is 17.1 Å². The summed E-state index contributed by atoms with van der Waals surface area (Å²) >= 11 is 0. The third-order valence-electron chi connectivity index (χ3n) is 3.20. The molecule has 4 nitrogen and oxygen atoms in total. The minimum atomic E-state index is -0.644. The molecule has 0 N–H and O–H groups in total. The number of carbonyl (C=O) groups excluding carboxylic acids is 1. The zero-order valence-electron chi connectivity index (χ0n) is 11.8. The van der Waals surface area contributed by atoms with Crippen molar-refractivity contribution in [2.75, 3.05) is 7.11 Å². The van der Waals surface area contributed by atoms with Gasteiger partial charge in [-0.1, -0.05) is 18.2 Å². The predicted molar refractivity (Wildman–Crippen MR) is 78.3 cm³/mol. The topological polar surface area (TPSA) is 48.7 Å². The zero-order valence-corrected chi connectivity index (χ0v) is 11.8. The average Bonchev–Trinajstić information content (AvgIpc) is 2.89. The Balaban J connectivity index is 1.96. The summed E-state index contributed by atoms with van der Waals surface area (Å²) in [5.74, 6) is -0.707. The van der Waals surface area contributed by atoms with Crippen LogP contribution in [0.2, 0.25) is 0 Å². The second-order valence-corrected chi connectivity index (χ2v) is 4.68. The number of ether oxygens (including phenoxy) is 2. The minimum Gasteiger partial charge on any atom is -0.449 e. The molecule has 0 radical (unpaired) electrons. The van der Waals surface area contributed by atoms with Gasteiger partial charge in [0.05, 0.1) is 6.61 Å². The van der Waals surface area contributed by atoms with Crippen molar-refractivity contribution >= 4 is 16.9 Å². The van der Waals surface area contributed by atoms with Crippen molar-refractivity contribution in [2.24, 2.45) is 0 Å². The van der Waals surface area contributed by atoms with Gasteiger partial charge in [-0.3, -0.25) is 0 Å². The Morgan fingerprint density at radius 1 is 1.14 bits per heavy atom. The van der Waals surface area contributed by atoms with Crippen LogP contribution in [0, 0.1) is 5.82 Å². The van der Waals surface area contributed by atoms with Crippen molar-refractivity contribution in [3.63, 3.8) is 0 Å². The Morgan fingerprint density at radius 2 is 1.86 bits per heavy atom. The monoisotopic (exact) mass is 300 g/mol. The Bertz CT molecular complexity index is 805. The van der Waals surface area contributed by atoms with Crippen molar-refractivity contribution in [1.29, 1.82) is 0 Å². The lowest BCUT2D eigenvalue weighted by atomic mass is 10.1. The number of esters is 1. The highest BCUT2D eigenvalue weighted by atomic mass is 19.1. The predicted octanol–water partition coefficient (Wildman–Crippen LogP) is 3.94. The number of methoxy groups -OCH3 is 1. The van der Waals surface area contributed by atoms with Crippen LogP contribution in [0.25, 0.3) is 11.0 Å². The lowest BCUT2D eigenvalue weighted by molar-refractivity contribution is 0.0697. The molecule has 0 saturated carbocycles. The van der Waals surface area contributed by atoms with Crippen molar-refractivity contribution in [3.05, 3.63) is 65.7 Å². The molecule has 1 heterocycles. The van der Waals surface area contributed by atoms with E-state index in [1.807, 2.05) is 18.2 Å². The quantitative estimate of drug-likeness (QED) is 0.541. The van der Waals surface area contributed by atoms with Crippen LogP contribution in [0.4, 0.5) is 4.39 Å². The molecule has 5 heteroatoms. The molecule has 0 aliphatic carbocycles. The summed E-state index contributed by atoms with van der Waals surface area (Å²) < 4.78 is 28.8. The average molecular weight is 300 g/mol. The first-order valence-corrected chi connectivity index (χ1v) is 6.66. The number of rotatable bonds is 4. The molecular weight excluding hydrogens is 287 g/mol. The van der Waals surface area contributed by atoms with Gasteiger partial charge in [-0.05, 0) is 30.3 Å². The van der Waals surface area contributed by atoms with Gasteiger partial charge in [0.25, 0.3) is 0 Å². The van der Waals surface area contributed by atoms with Crippen molar-refractivity contribution < 1.29 is 23.1 Å². The molecule has 0 atom stereocenters. The van der Waals surface area contributed by atoms with Crippen LogP contribution in [0.1, 0.15) is 16.1 Å². The SMILES string of the molecule is COCc1c(C(=O)Oc2ccc(F)cc2)oc2ccccc12. The van der Waals surface area contributed by atoms with E-state index in [1.165, 1.54) is 31.4 Å². The van der Waals surface area contributed by atoms with Crippen molar-refractivity contribution in [1.82, 2.24) is 0 Å². The van der Waals surface area contributed by atoms with Gasteiger partial charge in [0, 0.05) is 18.1 Å². The van der Waals surface area contributed by atoms with Gasteiger partial charge in [-0.2, -0.15) is 0 Å².